The number of aryl methyl sites for hydroxylation is 1. The fraction of sp³-hybridized carbons (Fsp3) is 0.692. The van der Waals surface area contributed by atoms with Crippen LogP contribution in [0.3, 0.4) is 0 Å². The first-order valence-electron chi connectivity index (χ1n) is 6.59. The smallest absolute Gasteiger partial charge is 0.264 e. The molecule has 0 unspecified atom stereocenters. The summed E-state index contributed by atoms with van der Waals surface area (Å²) in [4.78, 5) is 8.49. The number of rotatable bonds is 4. The molecule has 0 N–H and O–H groups in total. The minimum atomic E-state index is -3.33. The lowest BCUT2D eigenvalue weighted by Crippen LogP contribution is -2.25. The van der Waals surface area contributed by atoms with E-state index in [1.54, 1.807) is 6.20 Å². The molecule has 0 bridgehead atoms. The number of aromatic nitrogens is 2. The van der Waals surface area contributed by atoms with E-state index in [9.17, 15) is 8.42 Å². The first kappa shape index (κ1) is 14.4. The molecule has 1 fully saturated rings. The quantitative estimate of drug-likeness (QED) is 0.789. The number of hydrogen-bond acceptors (Lipinski definition) is 5. The summed E-state index contributed by atoms with van der Waals surface area (Å²) in [6.07, 6.45) is 7.29. The topological polar surface area (TPSA) is 69.2 Å². The zero-order chi connectivity index (χ0) is 13.9. The zero-order valence-electron chi connectivity index (χ0n) is 11.4. The minimum Gasteiger partial charge on any atom is -0.267 e. The standard InChI is InChI=1S/C13H20N2O3S/c1-10-14-8-7-12(15-10)9-11-3-5-13(6-4-11)18-19(2,16)17/h7-8,11,13H,3-6,9H2,1-2H3. The minimum absolute atomic E-state index is 0.140. The molecule has 0 aliphatic heterocycles. The van der Waals surface area contributed by atoms with Crippen molar-refractivity contribution in [2.24, 2.45) is 5.92 Å². The van der Waals surface area contributed by atoms with Crippen LogP contribution in [0.1, 0.15) is 37.2 Å². The fourth-order valence-electron chi connectivity index (χ4n) is 2.59. The SMILES string of the molecule is Cc1nccc(CC2CCC(OS(C)(=O)=O)CC2)n1. The van der Waals surface area contributed by atoms with Crippen LogP contribution in [0.2, 0.25) is 0 Å². The fourth-order valence-corrected chi connectivity index (χ4v) is 3.28. The third kappa shape index (κ3) is 4.87. The van der Waals surface area contributed by atoms with Crippen molar-refractivity contribution in [2.75, 3.05) is 6.26 Å². The van der Waals surface area contributed by atoms with Crippen molar-refractivity contribution in [1.29, 1.82) is 0 Å². The molecule has 2 rings (SSSR count). The highest BCUT2D eigenvalue weighted by atomic mass is 32.2. The van der Waals surface area contributed by atoms with Gasteiger partial charge in [-0.2, -0.15) is 8.42 Å². The van der Waals surface area contributed by atoms with E-state index in [0.29, 0.717) is 5.92 Å². The second-order valence-electron chi connectivity index (χ2n) is 5.24. The summed E-state index contributed by atoms with van der Waals surface area (Å²) >= 11 is 0. The summed E-state index contributed by atoms with van der Waals surface area (Å²) in [6, 6.07) is 1.95. The molecule has 0 amide bonds. The Morgan fingerprint density at radius 2 is 2.00 bits per heavy atom. The van der Waals surface area contributed by atoms with Crippen LogP contribution in [0, 0.1) is 12.8 Å². The Bertz CT molecular complexity index is 522. The van der Waals surface area contributed by atoms with Gasteiger partial charge in [-0.05, 0) is 51.0 Å². The molecule has 1 heterocycles. The monoisotopic (exact) mass is 284 g/mol. The molecule has 1 aromatic heterocycles. The van der Waals surface area contributed by atoms with E-state index in [2.05, 4.69) is 9.97 Å². The van der Waals surface area contributed by atoms with Crippen LogP contribution in [-0.2, 0) is 20.7 Å². The van der Waals surface area contributed by atoms with Gasteiger partial charge in [0.25, 0.3) is 10.1 Å². The molecule has 0 saturated heterocycles. The highest BCUT2D eigenvalue weighted by Gasteiger charge is 2.24. The summed E-state index contributed by atoms with van der Waals surface area (Å²) in [5, 5.41) is 0. The van der Waals surface area contributed by atoms with Crippen LogP contribution < -0.4 is 0 Å². The van der Waals surface area contributed by atoms with Crippen molar-refractivity contribution in [1.82, 2.24) is 9.97 Å². The van der Waals surface area contributed by atoms with Crippen LogP contribution in [0.15, 0.2) is 12.3 Å². The molecular weight excluding hydrogens is 264 g/mol. The van der Waals surface area contributed by atoms with Crippen molar-refractivity contribution in [3.63, 3.8) is 0 Å². The van der Waals surface area contributed by atoms with Gasteiger partial charge in [-0.25, -0.2) is 9.97 Å². The normalized spacial score (nSPS) is 24.3. The Kier molecular flexibility index (Phi) is 4.52. The molecule has 0 atom stereocenters. The van der Waals surface area contributed by atoms with E-state index in [4.69, 9.17) is 4.18 Å². The molecule has 19 heavy (non-hydrogen) atoms. The van der Waals surface area contributed by atoms with Gasteiger partial charge in [0, 0.05) is 11.9 Å². The largest absolute Gasteiger partial charge is 0.267 e. The van der Waals surface area contributed by atoms with E-state index >= 15 is 0 Å². The lowest BCUT2D eigenvalue weighted by atomic mass is 9.84. The second kappa shape index (κ2) is 5.96. The summed E-state index contributed by atoms with van der Waals surface area (Å²) in [7, 11) is -3.33. The summed E-state index contributed by atoms with van der Waals surface area (Å²) in [5.74, 6) is 1.36. The first-order valence-corrected chi connectivity index (χ1v) is 8.41. The molecule has 0 spiro atoms. The highest BCUT2D eigenvalue weighted by molar-refractivity contribution is 7.86. The Morgan fingerprint density at radius 3 is 2.58 bits per heavy atom. The molecule has 1 aliphatic rings. The molecule has 106 valence electrons. The first-order chi connectivity index (χ1) is 8.92. The maximum Gasteiger partial charge on any atom is 0.264 e. The third-order valence-electron chi connectivity index (χ3n) is 3.44. The van der Waals surface area contributed by atoms with E-state index in [-0.39, 0.29) is 6.10 Å². The summed E-state index contributed by atoms with van der Waals surface area (Å²) < 4.78 is 27.2. The van der Waals surface area contributed by atoms with Gasteiger partial charge in [0.15, 0.2) is 0 Å². The van der Waals surface area contributed by atoms with Crippen molar-refractivity contribution in [3.05, 3.63) is 23.8 Å². The number of nitrogens with zero attached hydrogens (tertiary/aromatic N) is 2. The van der Waals surface area contributed by atoms with Crippen LogP contribution in [0.4, 0.5) is 0 Å². The van der Waals surface area contributed by atoms with E-state index in [1.807, 2.05) is 13.0 Å². The van der Waals surface area contributed by atoms with Crippen molar-refractivity contribution in [2.45, 2.75) is 45.1 Å². The molecule has 0 aromatic carbocycles. The summed E-state index contributed by atoms with van der Waals surface area (Å²) in [6.45, 7) is 1.89. The maximum absolute atomic E-state index is 11.1. The Hall–Kier alpha value is -1.01. The Morgan fingerprint density at radius 1 is 1.32 bits per heavy atom. The van der Waals surface area contributed by atoms with E-state index < -0.39 is 10.1 Å². The second-order valence-corrected chi connectivity index (χ2v) is 6.84. The molecular formula is C13H20N2O3S. The van der Waals surface area contributed by atoms with E-state index in [1.165, 1.54) is 0 Å². The molecule has 1 saturated carbocycles. The lowest BCUT2D eigenvalue weighted by Gasteiger charge is -2.27. The average Bonchev–Trinajstić information content (AvgIpc) is 2.30. The molecule has 0 radical (unpaired) electrons. The molecule has 1 aliphatic carbocycles. The maximum atomic E-state index is 11.1. The van der Waals surface area contributed by atoms with E-state index in [0.717, 1.165) is 49.9 Å². The van der Waals surface area contributed by atoms with Gasteiger partial charge < -0.3 is 0 Å². The van der Waals surface area contributed by atoms with Crippen LogP contribution in [0.5, 0.6) is 0 Å². The Labute approximate surface area is 114 Å². The van der Waals surface area contributed by atoms with Gasteiger partial charge in [0.05, 0.1) is 12.4 Å². The van der Waals surface area contributed by atoms with Gasteiger partial charge >= 0.3 is 0 Å². The van der Waals surface area contributed by atoms with Crippen molar-refractivity contribution in [3.8, 4) is 0 Å². The van der Waals surface area contributed by atoms with Crippen molar-refractivity contribution < 1.29 is 12.6 Å². The van der Waals surface area contributed by atoms with Gasteiger partial charge in [-0.1, -0.05) is 0 Å². The summed E-state index contributed by atoms with van der Waals surface area (Å²) in [5.41, 5.74) is 1.07. The number of hydrogen-bond donors (Lipinski definition) is 0. The van der Waals surface area contributed by atoms with Gasteiger partial charge in [0.2, 0.25) is 0 Å². The molecule has 6 heteroatoms. The van der Waals surface area contributed by atoms with Gasteiger partial charge in [0.1, 0.15) is 5.82 Å². The van der Waals surface area contributed by atoms with Gasteiger partial charge in [-0.3, -0.25) is 4.18 Å². The highest BCUT2D eigenvalue weighted by Crippen LogP contribution is 2.29. The predicted molar refractivity (Wildman–Crippen MR) is 72.1 cm³/mol. The predicted octanol–water partition coefficient (Wildman–Crippen LogP) is 1.86. The van der Waals surface area contributed by atoms with Crippen LogP contribution >= 0.6 is 0 Å². The molecule has 5 nitrogen and oxygen atoms in total. The van der Waals surface area contributed by atoms with Crippen molar-refractivity contribution >= 4 is 10.1 Å². The van der Waals surface area contributed by atoms with Crippen LogP contribution in [-0.4, -0.2) is 30.7 Å². The zero-order valence-corrected chi connectivity index (χ0v) is 12.2. The Balaban J connectivity index is 1.84. The van der Waals surface area contributed by atoms with Crippen LogP contribution in [0.25, 0.3) is 0 Å². The average molecular weight is 284 g/mol. The molecule has 1 aromatic rings. The third-order valence-corrected chi connectivity index (χ3v) is 4.06. The lowest BCUT2D eigenvalue weighted by molar-refractivity contribution is 0.138. The van der Waals surface area contributed by atoms with Gasteiger partial charge in [-0.15, -0.1) is 0 Å².